The molecule has 0 atom stereocenters. The largest absolute Gasteiger partial charge is 0.497 e. The van der Waals surface area contributed by atoms with Crippen LogP contribution >= 0.6 is 0 Å². The lowest BCUT2D eigenvalue weighted by atomic mass is 10.2. The van der Waals surface area contributed by atoms with Crippen LogP contribution in [0.1, 0.15) is 16.9 Å². The van der Waals surface area contributed by atoms with Crippen LogP contribution in [-0.2, 0) is 6.61 Å². The highest BCUT2D eigenvalue weighted by molar-refractivity contribution is 5.66. The van der Waals surface area contributed by atoms with Gasteiger partial charge in [-0.25, -0.2) is 0 Å². The summed E-state index contributed by atoms with van der Waals surface area (Å²) < 4.78 is 16.1. The van der Waals surface area contributed by atoms with Crippen LogP contribution in [0.3, 0.4) is 0 Å². The number of hydrogen-bond acceptors (Lipinski definition) is 5. The highest BCUT2D eigenvalue weighted by Crippen LogP contribution is 2.14. The standard InChI is InChI=1S/C20H17NO4/c1-23-17-5-3-16(4-6-17)13-25-20-14-24-18(12-19(20)22)7-2-15-8-10-21-11-9-15/h2-12,14H,13H2,1H3. The van der Waals surface area contributed by atoms with E-state index in [2.05, 4.69) is 4.98 Å². The first kappa shape index (κ1) is 16.5. The molecule has 0 aliphatic rings. The molecule has 0 saturated carbocycles. The van der Waals surface area contributed by atoms with Crippen LogP contribution in [-0.4, -0.2) is 12.1 Å². The van der Waals surface area contributed by atoms with Crippen molar-refractivity contribution in [1.29, 1.82) is 0 Å². The first-order valence-electron chi connectivity index (χ1n) is 7.71. The van der Waals surface area contributed by atoms with Gasteiger partial charge in [0, 0.05) is 18.5 Å². The van der Waals surface area contributed by atoms with Crippen molar-refractivity contribution in [2.24, 2.45) is 0 Å². The third-order valence-corrected chi connectivity index (χ3v) is 3.52. The number of nitrogens with zero attached hydrogens (tertiary/aromatic N) is 1. The van der Waals surface area contributed by atoms with Crippen molar-refractivity contribution in [2.45, 2.75) is 6.61 Å². The van der Waals surface area contributed by atoms with Gasteiger partial charge in [-0.05, 0) is 41.5 Å². The average molecular weight is 335 g/mol. The van der Waals surface area contributed by atoms with Crippen LogP contribution in [0.15, 0.2) is 70.3 Å². The van der Waals surface area contributed by atoms with Gasteiger partial charge in [0.25, 0.3) is 0 Å². The van der Waals surface area contributed by atoms with Crippen LogP contribution < -0.4 is 14.9 Å². The molecule has 3 rings (SSSR count). The Morgan fingerprint density at radius 2 is 1.84 bits per heavy atom. The minimum absolute atomic E-state index is 0.178. The van der Waals surface area contributed by atoms with E-state index in [0.717, 1.165) is 16.9 Å². The predicted molar refractivity (Wildman–Crippen MR) is 95.5 cm³/mol. The van der Waals surface area contributed by atoms with Crippen molar-refractivity contribution in [3.05, 3.63) is 88.2 Å². The molecule has 2 heterocycles. The molecule has 5 heteroatoms. The van der Waals surface area contributed by atoms with E-state index in [4.69, 9.17) is 13.9 Å². The lowest BCUT2D eigenvalue weighted by molar-refractivity contribution is 0.291. The Labute approximate surface area is 145 Å². The monoisotopic (exact) mass is 335 g/mol. The molecule has 0 fully saturated rings. The van der Waals surface area contributed by atoms with E-state index in [1.807, 2.05) is 42.5 Å². The SMILES string of the molecule is COc1ccc(COc2coc(C=Cc3ccncc3)cc2=O)cc1. The van der Waals surface area contributed by atoms with E-state index in [1.165, 1.54) is 12.3 Å². The molecule has 0 aliphatic carbocycles. The molecule has 0 radical (unpaired) electrons. The fraction of sp³-hybridized carbons (Fsp3) is 0.100. The van der Waals surface area contributed by atoms with Gasteiger partial charge in [-0.1, -0.05) is 18.2 Å². The topological polar surface area (TPSA) is 61.6 Å². The van der Waals surface area contributed by atoms with Gasteiger partial charge in [-0.15, -0.1) is 0 Å². The number of pyridine rings is 1. The van der Waals surface area contributed by atoms with E-state index in [1.54, 1.807) is 25.6 Å². The van der Waals surface area contributed by atoms with Crippen molar-refractivity contribution in [2.75, 3.05) is 7.11 Å². The maximum absolute atomic E-state index is 12.1. The molecule has 0 amide bonds. The summed E-state index contributed by atoms with van der Waals surface area (Å²) in [6.45, 7) is 0.279. The second-order valence-corrected chi connectivity index (χ2v) is 5.26. The van der Waals surface area contributed by atoms with Crippen molar-refractivity contribution >= 4 is 12.2 Å². The molecule has 2 aromatic heterocycles. The second kappa shape index (κ2) is 7.97. The zero-order chi connectivity index (χ0) is 17.5. The van der Waals surface area contributed by atoms with Gasteiger partial charge in [0.1, 0.15) is 24.4 Å². The van der Waals surface area contributed by atoms with Crippen LogP contribution in [0.4, 0.5) is 0 Å². The highest BCUT2D eigenvalue weighted by atomic mass is 16.5. The Kier molecular flexibility index (Phi) is 5.26. The Balaban J connectivity index is 1.65. The first-order valence-corrected chi connectivity index (χ1v) is 7.71. The molecule has 0 spiro atoms. The molecule has 1 aromatic carbocycles. The van der Waals surface area contributed by atoms with Gasteiger partial charge in [-0.3, -0.25) is 9.78 Å². The van der Waals surface area contributed by atoms with E-state index < -0.39 is 0 Å². The number of methoxy groups -OCH3 is 1. The molecule has 3 aromatic rings. The lowest BCUT2D eigenvalue weighted by Crippen LogP contribution is -2.07. The number of rotatable bonds is 6. The van der Waals surface area contributed by atoms with Gasteiger partial charge in [0.2, 0.25) is 11.2 Å². The Morgan fingerprint density at radius 1 is 1.08 bits per heavy atom. The molecule has 25 heavy (non-hydrogen) atoms. The summed E-state index contributed by atoms with van der Waals surface area (Å²) in [7, 11) is 1.61. The molecule has 0 N–H and O–H groups in total. The average Bonchev–Trinajstić information content (AvgIpc) is 2.67. The molecule has 0 unspecified atom stereocenters. The van der Waals surface area contributed by atoms with Crippen LogP contribution in [0, 0.1) is 0 Å². The summed E-state index contributed by atoms with van der Waals surface area (Å²) in [5.74, 6) is 1.41. The predicted octanol–water partition coefficient (Wildman–Crippen LogP) is 3.79. The van der Waals surface area contributed by atoms with E-state index in [-0.39, 0.29) is 17.8 Å². The lowest BCUT2D eigenvalue weighted by Gasteiger charge is -2.06. The van der Waals surface area contributed by atoms with Crippen molar-refractivity contribution in [3.8, 4) is 11.5 Å². The Bertz CT molecular complexity index is 899. The quantitative estimate of drug-likeness (QED) is 0.686. The van der Waals surface area contributed by atoms with E-state index >= 15 is 0 Å². The highest BCUT2D eigenvalue weighted by Gasteiger charge is 2.04. The number of aromatic nitrogens is 1. The summed E-state index contributed by atoms with van der Waals surface area (Å²) in [4.78, 5) is 16.1. The minimum Gasteiger partial charge on any atom is -0.497 e. The maximum Gasteiger partial charge on any atom is 0.227 e. The molecular weight excluding hydrogens is 318 g/mol. The fourth-order valence-corrected chi connectivity index (χ4v) is 2.14. The first-order chi connectivity index (χ1) is 12.2. The Hall–Kier alpha value is -3.34. The van der Waals surface area contributed by atoms with Gasteiger partial charge >= 0.3 is 0 Å². The molecule has 126 valence electrons. The molecule has 0 bridgehead atoms. The smallest absolute Gasteiger partial charge is 0.227 e. The summed E-state index contributed by atoms with van der Waals surface area (Å²) in [6, 6.07) is 12.6. The number of benzene rings is 1. The summed E-state index contributed by atoms with van der Waals surface area (Å²) >= 11 is 0. The number of ether oxygens (including phenoxy) is 2. The van der Waals surface area contributed by atoms with Crippen molar-refractivity contribution in [1.82, 2.24) is 4.98 Å². The second-order valence-electron chi connectivity index (χ2n) is 5.26. The Morgan fingerprint density at radius 3 is 2.52 bits per heavy atom. The molecular formula is C20H17NO4. The summed E-state index contributed by atoms with van der Waals surface area (Å²) in [5, 5.41) is 0. The normalized spacial score (nSPS) is 10.8. The zero-order valence-electron chi connectivity index (χ0n) is 13.7. The van der Waals surface area contributed by atoms with Gasteiger partial charge < -0.3 is 13.9 Å². The zero-order valence-corrected chi connectivity index (χ0v) is 13.7. The van der Waals surface area contributed by atoms with E-state index in [0.29, 0.717) is 5.76 Å². The summed E-state index contributed by atoms with van der Waals surface area (Å²) in [6.07, 6.45) is 8.30. The fourth-order valence-electron chi connectivity index (χ4n) is 2.14. The van der Waals surface area contributed by atoms with Crippen LogP contribution in [0.25, 0.3) is 12.2 Å². The van der Waals surface area contributed by atoms with Crippen molar-refractivity contribution < 1.29 is 13.9 Å². The third kappa shape index (κ3) is 4.57. The molecule has 0 aliphatic heterocycles. The van der Waals surface area contributed by atoms with Crippen LogP contribution in [0.5, 0.6) is 11.5 Å². The maximum atomic E-state index is 12.1. The molecule has 5 nitrogen and oxygen atoms in total. The van der Waals surface area contributed by atoms with Crippen molar-refractivity contribution in [3.63, 3.8) is 0 Å². The van der Waals surface area contributed by atoms with E-state index in [9.17, 15) is 4.79 Å². The minimum atomic E-state index is -0.228. The van der Waals surface area contributed by atoms with Gasteiger partial charge in [-0.2, -0.15) is 0 Å². The van der Waals surface area contributed by atoms with Gasteiger partial charge in [0.05, 0.1) is 7.11 Å². The summed E-state index contributed by atoms with van der Waals surface area (Å²) in [5.41, 5.74) is 1.67. The third-order valence-electron chi connectivity index (χ3n) is 3.52. The number of hydrogen-bond donors (Lipinski definition) is 0. The molecule has 0 saturated heterocycles. The van der Waals surface area contributed by atoms with Crippen LogP contribution in [0.2, 0.25) is 0 Å². The van der Waals surface area contributed by atoms with Gasteiger partial charge in [0.15, 0.2) is 0 Å².